The van der Waals surface area contributed by atoms with E-state index in [0.717, 1.165) is 39.0 Å². The molecule has 0 spiro atoms. The van der Waals surface area contributed by atoms with E-state index in [2.05, 4.69) is 195 Å². The number of fused-ring (bicyclic) bond motifs is 12. The summed E-state index contributed by atoms with van der Waals surface area (Å²) < 4.78 is 6.44. The molecule has 0 radical (unpaired) electrons. The Balaban J connectivity index is 1.16. The number of benzene rings is 9. The molecule has 1 aliphatic carbocycles. The molecule has 1 aromatic heterocycles. The van der Waals surface area contributed by atoms with Gasteiger partial charge in [0.1, 0.15) is 11.2 Å². The third-order valence-electron chi connectivity index (χ3n) is 11.6. The molecular weight excluding hydrogens is 643 g/mol. The van der Waals surface area contributed by atoms with Gasteiger partial charge in [0, 0.05) is 33.2 Å². The predicted octanol–water partition coefficient (Wildman–Crippen LogP) is 14.5. The van der Waals surface area contributed by atoms with Crippen LogP contribution in [0.4, 0.5) is 17.1 Å². The fraction of sp³-hybridized carbons (Fsp3) is 0.0588. The van der Waals surface area contributed by atoms with Crippen molar-refractivity contribution >= 4 is 71.3 Å². The van der Waals surface area contributed by atoms with E-state index in [1.807, 2.05) is 0 Å². The van der Waals surface area contributed by atoms with Gasteiger partial charge in [0.05, 0.1) is 0 Å². The summed E-state index contributed by atoms with van der Waals surface area (Å²) in [7, 11) is 0. The Bertz CT molecular complexity index is 3060. The van der Waals surface area contributed by atoms with Crippen molar-refractivity contribution in [1.29, 1.82) is 0 Å². The van der Waals surface area contributed by atoms with E-state index in [4.69, 9.17) is 4.42 Å². The molecule has 0 N–H and O–H groups in total. The van der Waals surface area contributed by atoms with E-state index >= 15 is 0 Å². The molecular formula is C51H35NO. The minimum absolute atomic E-state index is 0.120. The largest absolute Gasteiger partial charge is 0.456 e. The third kappa shape index (κ3) is 4.45. The van der Waals surface area contributed by atoms with Gasteiger partial charge < -0.3 is 9.32 Å². The van der Waals surface area contributed by atoms with Crippen molar-refractivity contribution in [3.63, 3.8) is 0 Å². The fourth-order valence-electron chi connectivity index (χ4n) is 9.03. The lowest BCUT2D eigenvalue weighted by Gasteiger charge is -2.28. The van der Waals surface area contributed by atoms with E-state index in [1.54, 1.807) is 0 Å². The average Bonchev–Trinajstić information content (AvgIpc) is 3.69. The normalized spacial score (nSPS) is 13.2. The maximum Gasteiger partial charge on any atom is 0.135 e. The summed E-state index contributed by atoms with van der Waals surface area (Å²) >= 11 is 0. The number of furan rings is 1. The summed E-state index contributed by atoms with van der Waals surface area (Å²) in [4.78, 5) is 2.43. The zero-order valence-corrected chi connectivity index (χ0v) is 29.6. The topological polar surface area (TPSA) is 16.4 Å². The summed E-state index contributed by atoms with van der Waals surface area (Å²) in [5, 5.41) is 9.83. The van der Waals surface area contributed by atoms with Crippen molar-refractivity contribution in [1.82, 2.24) is 0 Å². The number of anilines is 3. The van der Waals surface area contributed by atoms with Crippen LogP contribution in [0.25, 0.3) is 76.5 Å². The van der Waals surface area contributed by atoms with Gasteiger partial charge in [-0.1, -0.05) is 135 Å². The Kier molecular flexibility index (Phi) is 6.33. The van der Waals surface area contributed by atoms with Crippen molar-refractivity contribution in [3.05, 3.63) is 187 Å². The number of hydrogen-bond acceptors (Lipinski definition) is 2. The molecule has 0 atom stereocenters. The van der Waals surface area contributed by atoms with E-state index in [1.165, 1.54) is 65.7 Å². The molecule has 9 aromatic carbocycles. The Morgan fingerprint density at radius 1 is 0.358 bits per heavy atom. The van der Waals surface area contributed by atoms with Crippen LogP contribution in [0.15, 0.2) is 180 Å². The van der Waals surface area contributed by atoms with Crippen molar-refractivity contribution in [2.24, 2.45) is 0 Å². The van der Waals surface area contributed by atoms with E-state index < -0.39 is 0 Å². The van der Waals surface area contributed by atoms with Gasteiger partial charge in [-0.15, -0.1) is 0 Å². The molecule has 2 heteroatoms. The molecule has 0 aliphatic heterocycles. The Hall–Kier alpha value is -6.64. The lowest BCUT2D eigenvalue weighted by atomic mass is 9.82. The molecule has 0 bridgehead atoms. The fourth-order valence-corrected chi connectivity index (χ4v) is 9.03. The number of nitrogens with zero attached hydrogens (tertiary/aromatic N) is 1. The Labute approximate surface area is 308 Å². The smallest absolute Gasteiger partial charge is 0.135 e. The molecule has 11 rings (SSSR count). The monoisotopic (exact) mass is 677 g/mol. The van der Waals surface area contributed by atoms with Gasteiger partial charge in [-0.05, 0) is 120 Å². The molecule has 2 nitrogen and oxygen atoms in total. The zero-order chi connectivity index (χ0) is 35.3. The minimum Gasteiger partial charge on any atom is -0.456 e. The summed E-state index contributed by atoms with van der Waals surface area (Å²) in [5.74, 6) is 0. The predicted molar refractivity (Wildman–Crippen MR) is 224 cm³/mol. The van der Waals surface area contributed by atoms with Gasteiger partial charge in [-0.25, -0.2) is 0 Å². The highest BCUT2D eigenvalue weighted by Crippen LogP contribution is 2.51. The number of rotatable bonds is 4. The van der Waals surface area contributed by atoms with Gasteiger partial charge in [-0.2, -0.15) is 0 Å². The van der Waals surface area contributed by atoms with Gasteiger partial charge in [-0.3, -0.25) is 0 Å². The maximum absolute atomic E-state index is 6.44. The lowest BCUT2D eigenvalue weighted by molar-refractivity contribution is 0.660. The molecule has 53 heavy (non-hydrogen) atoms. The van der Waals surface area contributed by atoms with Crippen LogP contribution in [0.1, 0.15) is 25.0 Å². The average molecular weight is 678 g/mol. The lowest BCUT2D eigenvalue weighted by Crippen LogP contribution is -2.16. The highest BCUT2D eigenvalue weighted by atomic mass is 16.3. The van der Waals surface area contributed by atoms with Crippen LogP contribution >= 0.6 is 0 Å². The molecule has 0 unspecified atom stereocenters. The molecule has 0 saturated carbocycles. The zero-order valence-electron chi connectivity index (χ0n) is 29.6. The maximum atomic E-state index is 6.44. The second kappa shape index (κ2) is 11.2. The summed E-state index contributed by atoms with van der Waals surface area (Å²) in [5.41, 5.74) is 12.7. The first-order valence-electron chi connectivity index (χ1n) is 18.4. The molecule has 1 aliphatic rings. The van der Waals surface area contributed by atoms with Crippen LogP contribution in [0, 0.1) is 0 Å². The summed E-state index contributed by atoms with van der Waals surface area (Å²) in [6, 6.07) is 64.3. The van der Waals surface area contributed by atoms with Crippen LogP contribution in [0.3, 0.4) is 0 Å². The standard InChI is InChI=1S/C51H35NO/c1-51(2)47-19-11-10-18-42(47)43-25-22-36(31-48(43)51)52(34-21-24-41-39-16-7-6-14-37(39)38-15-8-9-17-40(38)44(41)29-34)35-23-27-50-46(30-35)45-28-33(20-26-49(45)53-50)32-12-4-3-5-13-32/h3-31H,1-2H3. The van der Waals surface area contributed by atoms with E-state index in [9.17, 15) is 0 Å². The van der Waals surface area contributed by atoms with Crippen LogP contribution in [-0.4, -0.2) is 0 Å². The molecule has 0 saturated heterocycles. The number of hydrogen-bond donors (Lipinski definition) is 0. The van der Waals surface area contributed by atoms with Crippen molar-refractivity contribution in [2.45, 2.75) is 19.3 Å². The Morgan fingerprint density at radius 2 is 0.868 bits per heavy atom. The third-order valence-corrected chi connectivity index (χ3v) is 11.6. The molecule has 10 aromatic rings. The van der Waals surface area contributed by atoms with Gasteiger partial charge in [0.2, 0.25) is 0 Å². The van der Waals surface area contributed by atoms with Gasteiger partial charge >= 0.3 is 0 Å². The minimum atomic E-state index is -0.120. The van der Waals surface area contributed by atoms with E-state index in [0.29, 0.717) is 0 Å². The highest BCUT2D eigenvalue weighted by Gasteiger charge is 2.35. The van der Waals surface area contributed by atoms with Crippen molar-refractivity contribution in [3.8, 4) is 22.3 Å². The van der Waals surface area contributed by atoms with Crippen molar-refractivity contribution in [2.75, 3.05) is 4.90 Å². The molecule has 0 amide bonds. The van der Waals surface area contributed by atoms with Crippen LogP contribution in [-0.2, 0) is 5.41 Å². The van der Waals surface area contributed by atoms with E-state index in [-0.39, 0.29) is 5.41 Å². The first kappa shape index (κ1) is 30.0. The second-order valence-corrected chi connectivity index (χ2v) is 14.9. The van der Waals surface area contributed by atoms with Crippen molar-refractivity contribution < 1.29 is 4.42 Å². The quantitative estimate of drug-likeness (QED) is 0.172. The first-order chi connectivity index (χ1) is 26.0. The first-order valence-corrected chi connectivity index (χ1v) is 18.4. The van der Waals surface area contributed by atoms with Crippen LogP contribution < -0.4 is 4.90 Å². The van der Waals surface area contributed by atoms with Crippen LogP contribution in [0.5, 0.6) is 0 Å². The molecule has 250 valence electrons. The molecule has 0 fully saturated rings. The SMILES string of the molecule is CC1(C)c2ccccc2-c2ccc(N(c3ccc4oc5ccc(-c6ccccc6)cc5c4c3)c3ccc4c5ccccc5c5ccccc5c4c3)cc21. The van der Waals surface area contributed by atoms with Gasteiger partial charge in [0.25, 0.3) is 0 Å². The highest BCUT2D eigenvalue weighted by molar-refractivity contribution is 6.26. The summed E-state index contributed by atoms with van der Waals surface area (Å²) in [6.07, 6.45) is 0. The summed E-state index contributed by atoms with van der Waals surface area (Å²) in [6.45, 7) is 4.71. The van der Waals surface area contributed by atoms with Crippen LogP contribution in [0.2, 0.25) is 0 Å². The van der Waals surface area contributed by atoms with Gasteiger partial charge in [0.15, 0.2) is 0 Å². The second-order valence-electron chi connectivity index (χ2n) is 14.9. The Morgan fingerprint density at radius 3 is 1.60 bits per heavy atom. The molecule has 1 heterocycles.